The summed E-state index contributed by atoms with van der Waals surface area (Å²) in [6, 6.07) is 51.1. The predicted octanol–water partition coefficient (Wildman–Crippen LogP) is 23.6. The van der Waals surface area contributed by atoms with E-state index in [2.05, 4.69) is 24.3 Å². The summed E-state index contributed by atoms with van der Waals surface area (Å²) in [6.07, 6.45) is -18.2. The fourth-order valence-corrected chi connectivity index (χ4v) is 16.8. The molecule has 0 nitrogen and oxygen atoms in total. The molecule has 14 rings (SSSR count). The van der Waals surface area contributed by atoms with Crippen LogP contribution in [0.1, 0.15) is 22.3 Å². The lowest BCUT2D eigenvalue weighted by atomic mass is 9.84. The summed E-state index contributed by atoms with van der Waals surface area (Å²) in [6.45, 7) is 0. The molecule has 2 aliphatic rings. The minimum Gasteiger partial charge on any atom is -0.166 e. The van der Waals surface area contributed by atoms with Crippen molar-refractivity contribution in [1.29, 1.82) is 0 Å². The van der Waals surface area contributed by atoms with Crippen LogP contribution in [0.15, 0.2) is 222 Å². The second-order valence-corrected chi connectivity index (χ2v) is 24.7. The van der Waals surface area contributed by atoms with E-state index in [-0.39, 0.29) is 0 Å². The zero-order chi connectivity index (χ0) is 56.8. The molecule has 404 valence electrons. The zero-order valence-electron chi connectivity index (χ0n) is 41.6. The van der Waals surface area contributed by atoms with Crippen molar-refractivity contribution in [1.82, 2.24) is 0 Å². The smallest absolute Gasteiger partial charge is 0.166 e. The van der Waals surface area contributed by atoms with Crippen LogP contribution in [0, 0.1) is 0 Å². The van der Waals surface area contributed by atoms with Gasteiger partial charge in [-0.1, -0.05) is 144 Å². The highest BCUT2D eigenvalue weighted by atomic mass is 32.2. The maximum absolute atomic E-state index is 13.9. The zero-order valence-corrected chi connectivity index (χ0v) is 44.9. The molecule has 2 heterocycles. The van der Waals surface area contributed by atoms with Gasteiger partial charge in [0.05, 0.1) is 30.7 Å². The van der Waals surface area contributed by atoms with E-state index < -0.39 is 47.0 Å². The molecule has 0 fully saturated rings. The summed E-state index contributed by atoms with van der Waals surface area (Å²) in [5.74, 6) is 0. The van der Waals surface area contributed by atoms with Crippen LogP contribution in [0.25, 0.3) is 109 Å². The second-order valence-electron chi connectivity index (χ2n) is 20.0. The topological polar surface area (TPSA) is 0 Å². The molecule has 0 amide bonds. The van der Waals surface area contributed by atoms with E-state index in [4.69, 9.17) is 0 Å². The summed E-state index contributed by atoms with van der Waals surface area (Å²) in [4.78, 5) is 3.91. The maximum atomic E-state index is 13.9. The van der Waals surface area contributed by atoms with Gasteiger partial charge in [0.25, 0.3) is 0 Å². The summed E-state index contributed by atoms with van der Waals surface area (Å²) < 4.78 is 168. The Balaban J connectivity index is 0.889. The molecule has 0 saturated heterocycles. The Hall–Kier alpha value is -7.50. The Morgan fingerprint density at radius 3 is 0.598 bits per heavy atom. The molecule has 2 aliphatic heterocycles. The normalized spacial score (nSPS) is 14.1. The summed E-state index contributed by atoms with van der Waals surface area (Å²) in [7, 11) is 0. The lowest BCUT2D eigenvalue weighted by Crippen LogP contribution is -2.04. The minimum absolute atomic E-state index is 0.536. The van der Waals surface area contributed by atoms with E-state index in [1.807, 2.05) is 72.8 Å². The van der Waals surface area contributed by atoms with Gasteiger partial charge in [0.15, 0.2) is 0 Å². The summed E-state index contributed by atoms with van der Waals surface area (Å²) in [5.41, 5.74) is 1.66. The van der Waals surface area contributed by atoms with Gasteiger partial charge in [-0.15, -0.1) is 0 Å². The second kappa shape index (κ2) is 19.0. The van der Waals surface area contributed by atoms with E-state index in [9.17, 15) is 52.7 Å². The van der Waals surface area contributed by atoms with Crippen molar-refractivity contribution in [3.05, 3.63) is 225 Å². The van der Waals surface area contributed by atoms with Gasteiger partial charge in [0.1, 0.15) is 0 Å². The van der Waals surface area contributed by atoms with Crippen LogP contribution in [0.5, 0.6) is 0 Å². The first kappa shape index (κ1) is 52.6. The van der Waals surface area contributed by atoms with Crippen molar-refractivity contribution >= 4 is 112 Å². The monoisotopic (exact) mass is 1180 g/mol. The molecule has 0 radical (unpaired) electrons. The maximum Gasteiger partial charge on any atom is 0.416 e. The molecule has 0 bridgehead atoms. The van der Waals surface area contributed by atoms with Crippen LogP contribution >= 0.6 is 47.0 Å². The van der Waals surface area contributed by atoms with Gasteiger partial charge in [-0.3, -0.25) is 0 Å². The fraction of sp³-hybridized carbons (Fsp3) is 0.0606. The summed E-state index contributed by atoms with van der Waals surface area (Å²) in [5, 5.41) is 9.07. The number of halogens is 12. The van der Waals surface area contributed by atoms with E-state index >= 15 is 0 Å². The average molecular weight is 1180 g/mol. The Morgan fingerprint density at radius 2 is 0.415 bits per heavy atom. The number of fused-ring (bicyclic) bond motifs is 8. The molecule has 12 aromatic rings. The first-order chi connectivity index (χ1) is 39.1. The van der Waals surface area contributed by atoms with Crippen LogP contribution in [-0.4, -0.2) is 0 Å². The molecular formula is C66H32F12S4. The number of benzene rings is 12. The first-order valence-corrected chi connectivity index (χ1v) is 28.5. The van der Waals surface area contributed by atoms with E-state index in [0.717, 1.165) is 98.1 Å². The van der Waals surface area contributed by atoms with Crippen LogP contribution in [0.2, 0.25) is 0 Å². The Morgan fingerprint density at radius 1 is 0.220 bits per heavy atom. The van der Waals surface area contributed by atoms with Crippen molar-refractivity contribution in [2.75, 3.05) is 0 Å². The van der Waals surface area contributed by atoms with Crippen LogP contribution in [0.4, 0.5) is 52.7 Å². The van der Waals surface area contributed by atoms with E-state index in [1.54, 1.807) is 47.0 Å². The van der Waals surface area contributed by atoms with Crippen molar-refractivity contribution in [2.45, 2.75) is 44.3 Å². The highest BCUT2D eigenvalue weighted by molar-refractivity contribution is 8.30. The molecule has 0 atom stereocenters. The molecule has 0 unspecified atom stereocenters. The fourth-order valence-electron chi connectivity index (χ4n) is 11.3. The Bertz CT molecular complexity index is 4100. The van der Waals surface area contributed by atoms with E-state index in [0.29, 0.717) is 87.6 Å². The third-order valence-corrected chi connectivity index (χ3v) is 20.6. The van der Waals surface area contributed by atoms with Crippen molar-refractivity contribution < 1.29 is 52.7 Å². The Kier molecular flexibility index (Phi) is 12.2. The molecule has 16 heteroatoms. The van der Waals surface area contributed by atoms with Crippen LogP contribution in [0.3, 0.4) is 0 Å². The van der Waals surface area contributed by atoms with Crippen molar-refractivity contribution in [2.24, 2.45) is 0 Å². The number of hydrogen-bond donors (Lipinski definition) is 0. The van der Waals surface area contributed by atoms with Gasteiger partial charge in [0, 0.05) is 19.6 Å². The lowest BCUT2D eigenvalue weighted by molar-refractivity contribution is -0.138. The predicted molar refractivity (Wildman–Crippen MR) is 310 cm³/mol. The molecule has 0 spiro atoms. The third-order valence-electron chi connectivity index (χ3n) is 15.1. The molecule has 12 aromatic carbocycles. The van der Waals surface area contributed by atoms with Crippen molar-refractivity contribution in [3.8, 4) is 44.5 Å². The summed E-state index contributed by atoms with van der Waals surface area (Å²) >= 11 is 6.43. The Labute approximate surface area is 475 Å². The van der Waals surface area contributed by atoms with Crippen LogP contribution in [-0.2, 0) is 24.7 Å². The number of alkyl halides is 12. The van der Waals surface area contributed by atoms with Gasteiger partial charge in [-0.25, -0.2) is 0 Å². The first-order valence-electron chi connectivity index (χ1n) is 25.2. The standard InChI is InChI=1S/C66H32F12S4/c67-63(68,69)41-17-9-33(10-18-41)57-45-5-1-2-6-46(45)58(34-11-19-42(20-12-34)64(70,71)72)50-26-38-30-54-53(29-37(38)25-49(50)57)79-61(80-54)62-81-55-31-39-27-51-52(28-40(39)32-56(55)82-62)60(36-15-23-44(24-16-36)66(76,77)78)48-8-4-3-7-47(48)59(51)35-13-21-43(22-14-35)65(73,74)75/h1-32H. The van der Waals surface area contributed by atoms with Gasteiger partial charge in [-0.2, -0.15) is 52.7 Å². The van der Waals surface area contributed by atoms with Gasteiger partial charge in [0.2, 0.25) is 0 Å². The highest BCUT2D eigenvalue weighted by Gasteiger charge is 2.35. The molecule has 0 saturated carbocycles. The third kappa shape index (κ3) is 9.04. The average Bonchev–Trinajstić information content (AvgIpc) is 2.27. The van der Waals surface area contributed by atoms with Crippen molar-refractivity contribution in [3.63, 3.8) is 0 Å². The molecule has 0 N–H and O–H groups in total. The SMILES string of the molecule is FC(F)(F)c1ccc(-c2c3ccccc3c(-c3ccc(C(F)(F)F)cc3)c3cc4cc5c(cc4cc23)SC(=C2Sc3cc4cc6c(-c7ccc(C(F)(F)F)cc7)c7ccccc7c(-c7ccc(C(F)(F)F)cc7)c6cc4cc3S2)S5)cc1. The lowest BCUT2D eigenvalue weighted by Gasteiger charge is -2.19. The molecule has 0 aromatic heterocycles. The number of rotatable bonds is 4. The minimum atomic E-state index is -4.56. The molecular weight excluding hydrogens is 1150 g/mol. The van der Waals surface area contributed by atoms with Gasteiger partial charge in [-0.05, 0) is 206 Å². The van der Waals surface area contributed by atoms with Gasteiger partial charge >= 0.3 is 24.7 Å². The number of hydrogen-bond acceptors (Lipinski definition) is 4. The number of thioether (sulfide) groups is 4. The quantitative estimate of drug-likeness (QED) is 0.127. The molecule has 0 aliphatic carbocycles. The van der Waals surface area contributed by atoms with E-state index in [1.165, 1.54) is 48.5 Å². The largest absolute Gasteiger partial charge is 0.416 e. The molecule has 82 heavy (non-hydrogen) atoms. The highest BCUT2D eigenvalue weighted by Crippen LogP contribution is 2.63. The van der Waals surface area contributed by atoms with Crippen LogP contribution < -0.4 is 0 Å². The van der Waals surface area contributed by atoms with Gasteiger partial charge < -0.3 is 0 Å².